The van der Waals surface area contributed by atoms with E-state index in [4.69, 9.17) is 9.47 Å². The fraction of sp³-hybridized carbons (Fsp3) is 0.833. The molecule has 0 fully saturated rings. The largest absolute Gasteiger partial charge is 0.461 e. The van der Waals surface area contributed by atoms with Crippen molar-refractivity contribution < 1.29 is 29.3 Å². The maximum atomic E-state index is 11.4. The average Bonchev–Trinajstić information content (AvgIpc) is 2.36. The fourth-order valence-electron chi connectivity index (χ4n) is 0.960. The minimum absolute atomic E-state index is 0.384. The first-order chi connectivity index (χ1) is 8.33. The maximum absolute atomic E-state index is 11.4. The van der Waals surface area contributed by atoms with Gasteiger partial charge in [0.25, 0.3) is 0 Å². The molecule has 6 nitrogen and oxygen atoms in total. The Morgan fingerprint density at radius 1 is 0.889 bits per heavy atom. The molecule has 4 atom stereocenters. The highest BCUT2D eigenvalue weighted by atomic mass is 16.6. The molecule has 0 aliphatic carbocycles. The van der Waals surface area contributed by atoms with E-state index in [1.807, 2.05) is 0 Å². The molecule has 2 N–H and O–H groups in total. The summed E-state index contributed by atoms with van der Waals surface area (Å²) in [7, 11) is 0. The van der Waals surface area contributed by atoms with Gasteiger partial charge in [0.2, 0.25) is 0 Å². The SMILES string of the molecule is CCC(C)OC(=O)[C@H](O)[C@@H](O)C(=O)OC(C)CC. The van der Waals surface area contributed by atoms with Gasteiger partial charge in [0.05, 0.1) is 12.2 Å². The van der Waals surface area contributed by atoms with Crippen LogP contribution >= 0.6 is 0 Å². The standard InChI is InChI=1S/C12H22O6/c1-5-7(3)17-11(15)9(13)10(14)12(16)18-8(4)6-2/h7-10,13-14H,5-6H2,1-4H3/t7?,8?,9-,10-/m1/s1. The van der Waals surface area contributed by atoms with Gasteiger partial charge in [0, 0.05) is 0 Å². The molecule has 18 heavy (non-hydrogen) atoms. The number of carbonyl (C=O) groups is 2. The van der Waals surface area contributed by atoms with Gasteiger partial charge in [-0.3, -0.25) is 0 Å². The molecule has 0 amide bonds. The number of hydrogen-bond donors (Lipinski definition) is 2. The Labute approximate surface area is 107 Å². The summed E-state index contributed by atoms with van der Waals surface area (Å²) in [6, 6.07) is 0. The molecule has 106 valence electrons. The van der Waals surface area contributed by atoms with Crippen molar-refractivity contribution in [1.82, 2.24) is 0 Å². The molecule has 0 radical (unpaired) electrons. The van der Waals surface area contributed by atoms with Gasteiger partial charge < -0.3 is 19.7 Å². The van der Waals surface area contributed by atoms with Gasteiger partial charge in [-0.05, 0) is 26.7 Å². The fourth-order valence-corrected chi connectivity index (χ4v) is 0.960. The van der Waals surface area contributed by atoms with E-state index in [2.05, 4.69) is 0 Å². The smallest absolute Gasteiger partial charge is 0.338 e. The zero-order valence-corrected chi connectivity index (χ0v) is 11.3. The summed E-state index contributed by atoms with van der Waals surface area (Å²) < 4.78 is 9.61. The Bertz CT molecular complexity index is 250. The highest BCUT2D eigenvalue weighted by molar-refractivity contribution is 5.85. The van der Waals surface area contributed by atoms with Gasteiger partial charge in [-0.1, -0.05) is 13.8 Å². The number of esters is 2. The van der Waals surface area contributed by atoms with Crippen molar-refractivity contribution in [3.05, 3.63) is 0 Å². The van der Waals surface area contributed by atoms with Crippen LogP contribution < -0.4 is 0 Å². The second-order valence-electron chi connectivity index (χ2n) is 4.20. The van der Waals surface area contributed by atoms with Crippen molar-refractivity contribution in [2.75, 3.05) is 0 Å². The van der Waals surface area contributed by atoms with E-state index < -0.39 is 24.1 Å². The van der Waals surface area contributed by atoms with Crippen LogP contribution in [0.4, 0.5) is 0 Å². The molecule has 0 rings (SSSR count). The molecule has 0 aliphatic heterocycles. The summed E-state index contributed by atoms with van der Waals surface area (Å²) in [4.78, 5) is 22.7. The second kappa shape index (κ2) is 8.05. The van der Waals surface area contributed by atoms with Gasteiger partial charge in [-0.15, -0.1) is 0 Å². The molecule has 6 heteroatoms. The van der Waals surface area contributed by atoms with E-state index in [0.717, 1.165) is 0 Å². The first kappa shape index (κ1) is 16.9. The van der Waals surface area contributed by atoms with E-state index in [0.29, 0.717) is 12.8 Å². The third-order valence-electron chi connectivity index (χ3n) is 2.57. The lowest BCUT2D eigenvalue weighted by Gasteiger charge is -2.19. The molecule has 0 aromatic heterocycles. The Morgan fingerprint density at radius 3 is 1.39 bits per heavy atom. The number of rotatable bonds is 7. The molecule has 2 unspecified atom stereocenters. The molecular formula is C12H22O6. The van der Waals surface area contributed by atoms with Gasteiger partial charge in [-0.25, -0.2) is 9.59 Å². The third-order valence-corrected chi connectivity index (χ3v) is 2.57. The van der Waals surface area contributed by atoms with Crippen LogP contribution in [0.3, 0.4) is 0 Å². The molecule has 0 aromatic rings. The minimum Gasteiger partial charge on any atom is -0.461 e. The van der Waals surface area contributed by atoms with Crippen LogP contribution in [-0.4, -0.2) is 46.6 Å². The molecule has 0 spiro atoms. The molecule has 0 aromatic carbocycles. The Hall–Kier alpha value is -1.14. The molecule has 0 heterocycles. The lowest BCUT2D eigenvalue weighted by molar-refractivity contribution is -0.178. The zero-order valence-electron chi connectivity index (χ0n) is 11.3. The summed E-state index contributed by atoms with van der Waals surface area (Å²) in [5.41, 5.74) is 0. The zero-order chi connectivity index (χ0) is 14.3. The van der Waals surface area contributed by atoms with Crippen molar-refractivity contribution in [2.24, 2.45) is 0 Å². The minimum atomic E-state index is -1.92. The van der Waals surface area contributed by atoms with Gasteiger partial charge >= 0.3 is 11.9 Å². The van der Waals surface area contributed by atoms with Crippen LogP contribution in [0.5, 0.6) is 0 Å². The van der Waals surface area contributed by atoms with Gasteiger partial charge in [-0.2, -0.15) is 0 Å². The predicted octanol–water partition coefficient (Wildman–Crippen LogP) is 0.392. The summed E-state index contributed by atoms with van der Waals surface area (Å²) in [6.07, 6.45) is -3.46. The van der Waals surface area contributed by atoms with E-state index in [-0.39, 0.29) is 12.2 Å². The summed E-state index contributed by atoms with van der Waals surface area (Å²) in [5, 5.41) is 18.9. The number of carbonyl (C=O) groups excluding carboxylic acids is 2. The lowest BCUT2D eigenvalue weighted by Crippen LogP contribution is -2.43. The quantitative estimate of drug-likeness (QED) is 0.645. The predicted molar refractivity (Wildman–Crippen MR) is 63.7 cm³/mol. The van der Waals surface area contributed by atoms with Crippen LogP contribution in [0.15, 0.2) is 0 Å². The Morgan fingerprint density at radius 2 is 1.17 bits per heavy atom. The summed E-state index contributed by atoms with van der Waals surface area (Å²) in [6.45, 7) is 6.90. The van der Waals surface area contributed by atoms with Gasteiger partial charge in [0.1, 0.15) is 0 Å². The van der Waals surface area contributed by atoms with Crippen LogP contribution in [-0.2, 0) is 19.1 Å². The summed E-state index contributed by atoms with van der Waals surface area (Å²) >= 11 is 0. The third kappa shape index (κ3) is 5.46. The van der Waals surface area contributed by atoms with E-state index in [1.165, 1.54) is 0 Å². The number of aliphatic hydroxyl groups excluding tert-OH is 2. The van der Waals surface area contributed by atoms with Crippen molar-refractivity contribution in [3.63, 3.8) is 0 Å². The molecule has 0 bridgehead atoms. The average molecular weight is 262 g/mol. The van der Waals surface area contributed by atoms with Crippen molar-refractivity contribution >= 4 is 11.9 Å². The van der Waals surface area contributed by atoms with Crippen LogP contribution in [0.1, 0.15) is 40.5 Å². The molecule has 0 saturated carbocycles. The number of hydrogen-bond acceptors (Lipinski definition) is 6. The van der Waals surface area contributed by atoms with Gasteiger partial charge in [0.15, 0.2) is 12.2 Å². The monoisotopic (exact) mass is 262 g/mol. The summed E-state index contributed by atoms with van der Waals surface area (Å²) in [5.74, 6) is -2.06. The van der Waals surface area contributed by atoms with Crippen molar-refractivity contribution in [3.8, 4) is 0 Å². The first-order valence-electron chi connectivity index (χ1n) is 6.10. The van der Waals surface area contributed by atoms with Crippen LogP contribution in [0, 0.1) is 0 Å². The molecule has 0 saturated heterocycles. The van der Waals surface area contributed by atoms with Crippen molar-refractivity contribution in [2.45, 2.75) is 65.0 Å². The maximum Gasteiger partial charge on any atom is 0.338 e. The van der Waals surface area contributed by atoms with E-state index in [9.17, 15) is 19.8 Å². The first-order valence-corrected chi connectivity index (χ1v) is 6.10. The normalized spacial score (nSPS) is 17.4. The number of ether oxygens (including phenoxy) is 2. The van der Waals surface area contributed by atoms with E-state index in [1.54, 1.807) is 27.7 Å². The topological polar surface area (TPSA) is 93.1 Å². The molecular weight excluding hydrogens is 240 g/mol. The van der Waals surface area contributed by atoms with Crippen LogP contribution in [0.25, 0.3) is 0 Å². The second-order valence-corrected chi connectivity index (χ2v) is 4.20. The van der Waals surface area contributed by atoms with Crippen molar-refractivity contribution in [1.29, 1.82) is 0 Å². The Kier molecular flexibility index (Phi) is 7.54. The molecule has 0 aliphatic rings. The van der Waals surface area contributed by atoms with Crippen LogP contribution in [0.2, 0.25) is 0 Å². The highest BCUT2D eigenvalue weighted by Gasteiger charge is 2.34. The highest BCUT2D eigenvalue weighted by Crippen LogP contribution is 2.06. The number of aliphatic hydroxyl groups is 2. The Balaban J connectivity index is 4.35. The lowest BCUT2D eigenvalue weighted by atomic mass is 10.2. The van der Waals surface area contributed by atoms with E-state index >= 15 is 0 Å².